The molecule has 3 fully saturated rings. The molecule has 0 saturated heterocycles. The Bertz CT molecular complexity index is 274. The third-order valence-electron chi connectivity index (χ3n) is 5.39. The van der Waals surface area contributed by atoms with Crippen molar-refractivity contribution in [2.45, 2.75) is 25.7 Å². The van der Waals surface area contributed by atoms with Gasteiger partial charge in [-0.25, -0.2) is 0 Å². The summed E-state index contributed by atoms with van der Waals surface area (Å²) in [6, 6.07) is 0. The van der Waals surface area contributed by atoms with Crippen molar-refractivity contribution >= 4 is 0 Å². The molecule has 2 heteroatoms. The van der Waals surface area contributed by atoms with Crippen LogP contribution in [0, 0.1) is 35.5 Å². The van der Waals surface area contributed by atoms with Crippen LogP contribution in [-0.2, 0) is 4.74 Å². The smallest absolute Gasteiger partial charge is 0.0901 e. The fraction of sp³-hybridized carbons (Fsp3) is 0.857. The second-order valence-corrected chi connectivity index (χ2v) is 6.00. The van der Waals surface area contributed by atoms with Gasteiger partial charge in [-0.1, -0.05) is 6.58 Å². The molecule has 3 aliphatic carbocycles. The van der Waals surface area contributed by atoms with Crippen LogP contribution in [0.4, 0.5) is 0 Å². The zero-order valence-corrected chi connectivity index (χ0v) is 9.85. The van der Waals surface area contributed by atoms with Crippen molar-refractivity contribution in [2.24, 2.45) is 35.5 Å². The molecule has 0 heterocycles. The van der Waals surface area contributed by atoms with Crippen LogP contribution in [0.5, 0.6) is 0 Å². The molecule has 0 aromatic heterocycles. The maximum Gasteiger partial charge on any atom is 0.0901 e. The molecule has 0 aromatic carbocycles. The van der Waals surface area contributed by atoms with Crippen LogP contribution in [0.1, 0.15) is 25.7 Å². The molecule has 3 aliphatic rings. The number of ether oxygens (including phenoxy) is 1. The molecular formula is C14H22O2. The highest BCUT2D eigenvalue weighted by molar-refractivity contribution is 5.04. The van der Waals surface area contributed by atoms with Gasteiger partial charge in [-0.15, -0.1) is 0 Å². The minimum absolute atomic E-state index is 0.415. The second kappa shape index (κ2) is 4.06. The molecule has 1 N–H and O–H groups in total. The first-order chi connectivity index (χ1) is 7.83. The molecular weight excluding hydrogens is 200 g/mol. The number of aliphatic hydroxyl groups is 1. The molecule has 0 radical (unpaired) electrons. The van der Waals surface area contributed by atoms with E-state index in [4.69, 9.17) is 4.74 Å². The molecule has 2 nitrogen and oxygen atoms in total. The van der Waals surface area contributed by atoms with Gasteiger partial charge in [0.2, 0.25) is 0 Å². The van der Waals surface area contributed by atoms with Gasteiger partial charge in [0, 0.05) is 6.61 Å². The first-order valence-electron chi connectivity index (χ1n) is 6.66. The fourth-order valence-electron chi connectivity index (χ4n) is 4.88. The van der Waals surface area contributed by atoms with Gasteiger partial charge in [-0.05, 0) is 61.2 Å². The molecule has 90 valence electrons. The van der Waals surface area contributed by atoms with Gasteiger partial charge < -0.3 is 9.84 Å². The summed E-state index contributed by atoms with van der Waals surface area (Å²) in [6.45, 7) is 4.88. The molecule has 0 aliphatic heterocycles. The van der Waals surface area contributed by atoms with Crippen LogP contribution in [0.3, 0.4) is 0 Å². The van der Waals surface area contributed by atoms with Gasteiger partial charge >= 0.3 is 0 Å². The Morgan fingerprint density at radius 1 is 1.12 bits per heavy atom. The largest absolute Gasteiger partial charge is 0.502 e. The van der Waals surface area contributed by atoms with Crippen molar-refractivity contribution in [2.75, 3.05) is 13.2 Å². The lowest BCUT2D eigenvalue weighted by Crippen LogP contribution is -2.26. The van der Waals surface area contributed by atoms with Crippen molar-refractivity contribution in [3.63, 3.8) is 0 Å². The third kappa shape index (κ3) is 1.50. The van der Waals surface area contributed by atoms with Crippen molar-refractivity contribution in [3.8, 4) is 0 Å². The summed E-state index contributed by atoms with van der Waals surface area (Å²) in [4.78, 5) is 0. The Hall–Kier alpha value is -0.500. The maximum atomic E-state index is 9.38. The molecule has 3 saturated carbocycles. The van der Waals surface area contributed by atoms with E-state index >= 15 is 0 Å². The topological polar surface area (TPSA) is 29.5 Å². The van der Waals surface area contributed by atoms with Crippen LogP contribution in [0.2, 0.25) is 0 Å². The van der Waals surface area contributed by atoms with Crippen LogP contribution in [-0.4, -0.2) is 18.3 Å². The molecule has 3 rings (SSSR count). The highest BCUT2D eigenvalue weighted by Gasteiger charge is 2.55. The van der Waals surface area contributed by atoms with Crippen molar-refractivity contribution in [1.82, 2.24) is 0 Å². The summed E-state index contributed by atoms with van der Waals surface area (Å²) < 4.78 is 5.34. The number of hydrogen-bond acceptors (Lipinski definition) is 2. The minimum Gasteiger partial charge on any atom is -0.502 e. The quantitative estimate of drug-likeness (QED) is 0.740. The summed E-state index contributed by atoms with van der Waals surface area (Å²) in [5, 5.41) is 9.38. The Kier molecular flexibility index (Phi) is 2.70. The van der Waals surface area contributed by atoms with E-state index in [0.717, 1.165) is 36.2 Å². The first kappa shape index (κ1) is 10.6. The van der Waals surface area contributed by atoms with Gasteiger partial charge in [0.25, 0.3) is 0 Å². The van der Waals surface area contributed by atoms with E-state index in [1.54, 1.807) is 6.26 Å². The average molecular weight is 222 g/mol. The Morgan fingerprint density at radius 3 is 2.69 bits per heavy atom. The zero-order valence-electron chi connectivity index (χ0n) is 9.85. The highest BCUT2D eigenvalue weighted by atomic mass is 16.5. The van der Waals surface area contributed by atoms with Crippen molar-refractivity contribution in [3.05, 3.63) is 12.8 Å². The van der Waals surface area contributed by atoms with E-state index in [0.29, 0.717) is 12.5 Å². The van der Waals surface area contributed by atoms with E-state index < -0.39 is 0 Å². The Labute approximate surface area is 97.7 Å². The SMILES string of the molecule is C=COCC1CC2C3CC(CO)C(C3)C2C1. The van der Waals surface area contributed by atoms with E-state index in [1.807, 2.05) is 0 Å². The lowest BCUT2D eigenvalue weighted by molar-refractivity contribution is 0.120. The summed E-state index contributed by atoms with van der Waals surface area (Å²) in [5.41, 5.74) is 0. The molecule has 0 amide bonds. The second-order valence-electron chi connectivity index (χ2n) is 6.00. The molecule has 2 bridgehead atoms. The normalized spacial score (nSPS) is 49.3. The Morgan fingerprint density at radius 2 is 1.94 bits per heavy atom. The van der Waals surface area contributed by atoms with Crippen LogP contribution in [0.15, 0.2) is 12.8 Å². The van der Waals surface area contributed by atoms with Gasteiger partial charge in [-0.2, -0.15) is 0 Å². The average Bonchev–Trinajstić information content (AvgIpc) is 2.95. The van der Waals surface area contributed by atoms with Crippen LogP contribution >= 0.6 is 0 Å². The molecule has 16 heavy (non-hydrogen) atoms. The molecule has 0 aromatic rings. The minimum atomic E-state index is 0.415. The van der Waals surface area contributed by atoms with Gasteiger partial charge in [0.1, 0.15) is 0 Å². The number of rotatable bonds is 4. The van der Waals surface area contributed by atoms with E-state index in [1.165, 1.54) is 25.7 Å². The molecule has 0 spiro atoms. The van der Waals surface area contributed by atoms with E-state index in [2.05, 4.69) is 6.58 Å². The number of fused-ring (bicyclic) bond motifs is 5. The predicted molar refractivity (Wildman–Crippen MR) is 62.6 cm³/mol. The standard InChI is InChI=1S/C14H22O2/c1-2-16-8-9-3-12-10-5-11(7-15)13(6-10)14(12)4-9/h2,9-15H,1,3-8H2. The summed E-state index contributed by atoms with van der Waals surface area (Å²) in [5.74, 6) is 4.95. The Balaban J connectivity index is 1.63. The van der Waals surface area contributed by atoms with E-state index in [9.17, 15) is 5.11 Å². The number of hydrogen-bond donors (Lipinski definition) is 1. The van der Waals surface area contributed by atoms with Gasteiger partial charge in [0.05, 0.1) is 12.9 Å². The monoisotopic (exact) mass is 222 g/mol. The lowest BCUT2D eigenvalue weighted by atomic mass is 9.76. The van der Waals surface area contributed by atoms with Crippen molar-refractivity contribution < 1.29 is 9.84 Å². The first-order valence-corrected chi connectivity index (χ1v) is 6.66. The van der Waals surface area contributed by atoms with Crippen LogP contribution in [0.25, 0.3) is 0 Å². The lowest BCUT2D eigenvalue weighted by Gasteiger charge is -2.30. The highest BCUT2D eigenvalue weighted by Crippen LogP contribution is 2.61. The van der Waals surface area contributed by atoms with Crippen LogP contribution < -0.4 is 0 Å². The summed E-state index contributed by atoms with van der Waals surface area (Å²) in [6.07, 6.45) is 6.94. The summed E-state index contributed by atoms with van der Waals surface area (Å²) >= 11 is 0. The zero-order chi connectivity index (χ0) is 11.1. The van der Waals surface area contributed by atoms with Crippen molar-refractivity contribution in [1.29, 1.82) is 0 Å². The summed E-state index contributed by atoms with van der Waals surface area (Å²) in [7, 11) is 0. The van der Waals surface area contributed by atoms with Gasteiger partial charge in [-0.3, -0.25) is 0 Å². The predicted octanol–water partition coefficient (Wildman–Crippen LogP) is 2.44. The fourth-order valence-corrected chi connectivity index (χ4v) is 4.88. The third-order valence-corrected chi connectivity index (χ3v) is 5.39. The molecule has 6 unspecified atom stereocenters. The molecule has 6 atom stereocenters. The number of aliphatic hydroxyl groups excluding tert-OH is 1. The maximum absolute atomic E-state index is 9.38. The van der Waals surface area contributed by atoms with Gasteiger partial charge in [0.15, 0.2) is 0 Å². The van der Waals surface area contributed by atoms with E-state index in [-0.39, 0.29) is 0 Å².